The summed E-state index contributed by atoms with van der Waals surface area (Å²) in [6, 6.07) is 21.2. The molecule has 0 fully saturated rings. The van der Waals surface area contributed by atoms with Gasteiger partial charge in [-0.25, -0.2) is 9.59 Å². The van der Waals surface area contributed by atoms with Crippen LogP contribution in [-0.2, 0) is 0 Å². The SMILES string of the molecule is Cl.O=C(Nc1ccc(NC(=O)Nc2ccc(C3=NCCCN3)cc2)cc1)Nc1ccc(C2=NCCCN2)cc1. The zero-order valence-corrected chi connectivity index (χ0v) is 22.1. The van der Waals surface area contributed by atoms with Crippen LogP contribution in [0.1, 0.15) is 24.0 Å². The first kappa shape index (κ1) is 27.5. The number of carbonyl (C=O) groups excluding carboxylic acids is 2. The van der Waals surface area contributed by atoms with Gasteiger partial charge < -0.3 is 31.9 Å². The molecule has 2 heterocycles. The van der Waals surface area contributed by atoms with Gasteiger partial charge in [-0.1, -0.05) is 0 Å². The van der Waals surface area contributed by atoms with Crippen LogP contribution in [0.25, 0.3) is 0 Å². The van der Waals surface area contributed by atoms with E-state index < -0.39 is 0 Å². The molecule has 0 saturated heterocycles. The van der Waals surface area contributed by atoms with Crippen molar-refractivity contribution in [1.82, 2.24) is 10.6 Å². The fourth-order valence-corrected chi connectivity index (χ4v) is 4.10. The summed E-state index contributed by atoms with van der Waals surface area (Å²) in [5, 5.41) is 17.8. The number of hydrogen-bond acceptors (Lipinski definition) is 6. The maximum atomic E-state index is 12.4. The first-order valence-corrected chi connectivity index (χ1v) is 12.7. The van der Waals surface area contributed by atoms with E-state index in [1.165, 1.54) is 0 Å². The van der Waals surface area contributed by atoms with Crippen LogP contribution in [-0.4, -0.2) is 49.9 Å². The van der Waals surface area contributed by atoms with Crippen molar-refractivity contribution in [2.45, 2.75) is 12.8 Å². The Bertz CT molecular complexity index is 1230. The number of amides is 4. The normalized spacial score (nSPS) is 14.3. The molecule has 202 valence electrons. The van der Waals surface area contributed by atoms with E-state index in [9.17, 15) is 9.59 Å². The number of nitrogens with one attached hydrogen (secondary N) is 6. The average molecular weight is 547 g/mol. The number of hydrogen-bond donors (Lipinski definition) is 6. The van der Waals surface area contributed by atoms with Gasteiger partial charge in [0.2, 0.25) is 0 Å². The van der Waals surface area contributed by atoms with Gasteiger partial charge in [-0.15, -0.1) is 12.4 Å². The molecule has 0 spiro atoms. The van der Waals surface area contributed by atoms with Gasteiger partial charge >= 0.3 is 12.1 Å². The number of urea groups is 2. The van der Waals surface area contributed by atoms with Gasteiger partial charge in [-0.2, -0.15) is 0 Å². The maximum Gasteiger partial charge on any atom is 0.323 e. The Hall–Kier alpha value is -4.57. The summed E-state index contributed by atoms with van der Waals surface area (Å²) in [7, 11) is 0. The molecule has 0 unspecified atom stereocenters. The molecule has 4 amide bonds. The van der Waals surface area contributed by atoms with E-state index >= 15 is 0 Å². The molecule has 0 saturated carbocycles. The molecule has 0 atom stereocenters. The topological polar surface area (TPSA) is 131 Å². The van der Waals surface area contributed by atoms with Crippen LogP contribution in [0.5, 0.6) is 0 Å². The molecule has 0 radical (unpaired) electrons. The largest absolute Gasteiger partial charge is 0.370 e. The Balaban J connectivity index is 0.00000353. The van der Waals surface area contributed by atoms with Crippen molar-refractivity contribution in [2.24, 2.45) is 9.98 Å². The van der Waals surface area contributed by atoms with Crippen molar-refractivity contribution in [3.63, 3.8) is 0 Å². The first-order valence-electron chi connectivity index (χ1n) is 12.7. The number of aliphatic imine (C=N–C) groups is 2. The number of amidine groups is 2. The number of nitrogens with zero attached hydrogens (tertiary/aromatic N) is 2. The van der Waals surface area contributed by atoms with Crippen LogP contribution in [0.3, 0.4) is 0 Å². The van der Waals surface area contributed by atoms with Crippen LogP contribution in [0.2, 0.25) is 0 Å². The predicted molar refractivity (Wildman–Crippen MR) is 160 cm³/mol. The highest BCUT2D eigenvalue weighted by Crippen LogP contribution is 2.17. The molecule has 5 rings (SSSR count). The monoisotopic (exact) mass is 546 g/mol. The molecule has 3 aromatic carbocycles. The molecule has 0 aliphatic carbocycles. The Labute approximate surface area is 233 Å². The van der Waals surface area contributed by atoms with Crippen molar-refractivity contribution in [2.75, 3.05) is 47.4 Å². The molecule has 39 heavy (non-hydrogen) atoms. The molecule has 2 aliphatic heterocycles. The molecule has 11 heteroatoms. The van der Waals surface area contributed by atoms with E-state index in [0.29, 0.717) is 22.7 Å². The molecule has 2 aliphatic rings. The fraction of sp³-hybridized carbons (Fsp3) is 0.214. The van der Waals surface area contributed by atoms with Crippen molar-refractivity contribution in [1.29, 1.82) is 0 Å². The van der Waals surface area contributed by atoms with E-state index in [-0.39, 0.29) is 24.5 Å². The zero-order valence-electron chi connectivity index (χ0n) is 21.3. The number of carbonyl (C=O) groups is 2. The van der Waals surface area contributed by atoms with Crippen LogP contribution in [0.4, 0.5) is 32.3 Å². The van der Waals surface area contributed by atoms with E-state index in [1.807, 2.05) is 48.5 Å². The van der Waals surface area contributed by atoms with Crippen molar-refractivity contribution < 1.29 is 9.59 Å². The van der Waals surface area contributed by atoms with E-state index in [1.54, 1.807) is 24.3 Å². The van der Waals surface area contributed by atoms with E-state index in [2.05, 4.69) is 41.9 Å². The third-order valence-corrected chi connectivity index (χ3v) is 6.03. The minimum Gasteiger partial charge on any atom is -0.370 e. The number of benzene rings is 3. The minimum atomic E-state index is -0.359. The lowest BCUT2D eigenvalue weighted by Crippen LogP contribution is -2.30. The van der Waals surface area contributed by atoms with Crippen LogP contribution >= 0.6 is 12.4 Å². The Kier molecular flexibility index (Phi) is 9.36. The van der Waals surface area contributed by atoms with E-state index in [4.69, 9.17) is 0 Å². The van der Waals surface area contributed by atoms with Gasteiger partial charge in [0.05, 0.1) is 0 Å². The Morgan fingerprint density at radius 1 is 0.538 bits per heavy atom. The maximum absolute atomic E-state index is 12.4. The Morgan fingerprint density at radius 2 is 0.846 bits per heavy atom. The lowest BCUT2D eigenvalue weighted by molar-refractivity contribution is 0.261. The highest BCUT2D eigenvalue weighted by atomic mass is 35.5. The summed E-state index contributed by atoms with van der Waals surface area (Å²) in [4.78, 5) is 33.8. The average Bonchev–Trinajstić information content (AvgIpc) is 2.96. The molecule has 0 bridgehead atoms. The van der Waals surface area contributed by atoms with Crippen LogP contribution in [0, 0.1) is 0 Å². The van der Waals surface area contributed by atoms with Crippen LogP contribution < -0.4 is 31.9 Å². The highest BCUT2D eigenvalue weighted by molar-refractivity contribution is 6.03. The zero-order chi connectivity index (χ0) is 26.2. The van der Waals surface area contributed by atoms with Gasteiger partial charge in [0.25, 0.3) is 0 Å². The van der Waals surface area contributed by atoms with Gasteiger partial charge in [0.1, 0.15) is 11.7 Å². The fourth-order valence-electron chi connectivity index (χ4n) is 4.10. The summed E-state index contributed by atoms with van der Waals surface area (Å²) in [6.45, 7) is 3.49. The van der Waals surface area contributed by atoms with Crippen molar-refractivity contribution in [3.8, 4) is 0 Å². The predicted octanol–water partition coefficient (Wildman–Crippen LogP) is 4.88. The molecule has 3 aromatic rings. The molecular formula is C28H31ClN8O2. The van der Waals surface area contributed by atoms with Gasteiger partial charge in [-0.3, -0.25) is 9.98 Å². The van der Waals surface area contributed by atoms with Crippen LogP contribution in [0.15, 0.2) is 82.8 Å². The lowest BCUT2D eigenvalue weighted by Gasteiger charge is -2.15. The van der Waals surface area contributed by atoms with Crippen molar-refractivity contribution in [3.05, 3.63) is 83.9 Å². The molecule has 10 nitrogen and oxygen atoms in total. The first-order chi connectivity index (χ1) is 18.6. The summed E-state index contributed by atoms with van der Waals surface area (Å²) in [5.74, 6) is 1.77. The quantitative estimate of drug-likeness (QED) is 0.263. The second-order valence-corrected chi connectivity index (χ2v) is 8.91. The van der Waals surface area contributed by atoms with Gasteiger partial charge in [0, 0.05) is 60.1 Å². The van der Waals surface area contributed by atoms with Gasteiger partial charge in [-0.05, 0) is 85.6 Å². The standard InChI is InChI=1S/C28H30N8O2.ClH/c37-27(33-21-7-3-19(4-8-21)25-29-15-1-16-30-25)35-23-11-13-24(14-12-23)36-28(38)34-22-9-5-20(6-10-22)26-31-17-2-18-32-26;/h3-14H,1-2,15-18H2,(H,29,30)(H,31,32)(H2,33,35,37)(H2,34,36,38);1H. The summed E-state index contributed by atoms with van der Waals surface area (Å²) in [5.41, 5.74) is 4.53. The second-order valence-electron chi connectivity index (χ2n) is 8.91. The Morgan fingerprint density at radius 3 is 1.13 bits per heavy atom. The summed E-state index contributed by atoms with van der Waals surface area (Å²) in [6.07, 6.45) is 2.08. The smallest absolute Gasteiger partial charge is 0.323 e. The summed E-state index contributed by atoms with van der Waals surface area (Å²) < 4.78 is 0. The second kappa shape index (κ2) is 13.3. The highest BCUT2D eigenvalue weighted by Gasteiger charge is 2.10. The number of anilines is 4. The molecular weight excluding hydrogens is 516 g/mol. The van der Waals surface area contributed by atoms with Gasteiger partial charge in [0.15, 0.2) is 0 Å². The third-order valence-electron chi connectivity index (χ3n) is 6.03. The minimum absolute atomic E-state index is 0. The molecule has 0 aromatic heterocycles. The number of halogens is 1. The number of rotatable bonds is 6. The molecule has 6 N–H and O–H groups in total. The summed E-state index contributed by atoms with van der Waals surface area (Å²) >= 11 is 0. The van der Waals surface area contributed by atoms with Crippen molar-refractivity contribution >= 4 is 58.9 Å². The van der Waals surface area contributed by atoms with E-state index in [0.717, 1.165) is 61.8 Å². The third kappa shape index (κ3) is 7.71. The lowest BCUT2D eigenvalue weighted by atomic mass is 10.1.